The Labute approximate surface area is 199 Å². The van der Waals surface area contributed by atoms with Gasteiger partial charge in [0.15, 0.2) is 10.8 Å². The number of nitrogens with zero attached hydrogens (tertiary/aromatic N) is 4. The lowest BCUT2D eigenvalue weighted by Gasteiger charge is -2.22. The van der Waals surface area contributed by atoms with E-state index in [2.05, 4.69) is 15.4 Å². The van der Waals surface area contributed by atoms with Gasteiger partial charge in [-0.25, -0.2) is 9.37 Å². The van der Waals surface area contributed by atoms with Gasteiger partial charge < -0.3 is 16.0 Å². The standard InChI is InChI=1S/C24H23FN6O2S/c1-30-18-5-3-2-4-17(18)19(29-30)22(32)27-12-13-31(16-10-11-16)23(33)20-21(34-24(26)28-20)14-6-8-15(25)9-7-14/h2-9,16H,10-13H2,1H3,(H2,26,28)(H,27,32). The minimum Gasteiger partial charge on any atom is -0.375 e. The number of amides is 2. The molecule has 3 N–H and O–H groups in total. The van der Waals surface area contributed by atoms with Crippen molar-refractivity contribution in [3.05, 3.63) is 65.7 Å². The molecule has 0 atom stereocenters. The van der Waals surface area contributed by atoms with E-state index in [0.717, 1.165) is 23.7 Å². The minimum absolute atomic E-state index is 0.101. The summed E-state index contributed by atoms with van der Waals surface area (Å²) < 4.78 is 15.0. The molecule has 5 rings (SSSR count). The van der Waals surface area contributed by atoms with Crippen LogP contribution in [-0.2, 0) is 7.05 Å². The molecule has 0 bridgehead atoms. The summed E-state index contributed by atoms with van der Waals surface area (Å²) in [4.78, 5) is 32.9. The van der Waals surface area contributed by atoms with E-state index in [-0.39, 0.29) is 41.0 Å². The Morgan fingerprint density at radius 3 is 2.65 bits per heavy atom. The van der Waals surface area contributed by atoms with Crippen molar-refractivity contribution in [2.75, 3.05) is 18.8 Å². The van der Waals surface area contributed by atoms with Gasteiger partial charge in [0, 0.05) is 31.6 Å². The summed E-state index contributed by atoms with van der Waals surface area (Å²) in [7, 11) is 1.80. The number of rotatable bonds is 7. The number of carbonyl (C=O) groups excluding carboxylic acids is 2. The number of aryl methyl sites for hydroxylation is 1. The van der Waals surface area contributed by atoms with Gasteiger partial charge in [-0.05, 0) is 36.6 Å². The zero-order chi connectivity index (χ0) is 23.8. The molecule has 2 amide bonds. The lowest BCUT2D eigenvalue weighted by Crippen LogP contribution is -2.40. The number of aromatic nitrogens is 3. The van der Waals surface area contributed by atoms with E-state index in [0.29, 0.717) is 22.7 Å². The molecule has 10 heteroatoms. The molecule has 8 nitrogen and oxygen atoms in total. The number of benzene rings is 2. The number of nitrogens with one attached hydrogen (secondary N) is 1. The van der Waals surface area contributed by atoms with Crippen molar-refractivity contribution in [2.24, 2.45) is 7.05 Å². The molecule has 174 valence electrons. The predicted octanol–water partition coefficient (Wildman–Crippen LogP) is 3.45. The summed E-state index contributed by atoms with van der Waals surface area (Å²) in [6.45, 7) is 0.609. The number of nitrogen functional groups attached to an aromatic ring is 1. The van der Waals surface area contributed by atoms with Crippen LogP contribution in [0.25, 0.3) is 21.3 Å². The van der Waals surface area contributed by atoms with Crippen LogP contribution < -0.4 is 11.1 Å². The molecule has 1 fully saturated rings. The Morgan fingerprint density at radius 2 is 1.91 bits per heavy atom. The summed E-state index contributed by atoms with van der Waals surface area (Å²) >= 11 is 1.20. The smallest absolute Gasteiger partial charge is 0.274 e. The summed E-state index contributed by atoms with van der Waals surface area (Å²) in [6, 6.07) is 13.5. The Bertz CT molecular complexity index is 1380. The van der Waals surface area contributed by atoms with Gasteiger partial charge in [0.25, 0.3) is 11.8 Å². The monoisotopic (exact) mass is 478 g/mol. The molecule has 1 saturated carbocycles. The largest absolute Gasteiger partial charge is 0.375 e. The van der Waals surface area contributed by atoms with Gasteiger partial charge in [0.05, 0.1) is 10.4 Å². The van der Waals surface area contributed by atoms with Crippen LogP contribution in [0.4, 0.5) is 9.52 Å². The number of hydrogen-bond acceptors (Lipinski definition) is 6. The van der Waals surface area contributed by atoms with Crippen molar-refractivity contribution in [1.29, 1.82) is 0 Å². The van der Waals surface area contributed by atoms with E-state index in [1.165, 1.54) is 23.5 Å². The van der Waals surface area contributed by atoms with Crippen LogP contribution in [0.5, 0.6) is 0 Å². The highest BCUT2D eigenvalue weighted by molar-refractivity contribution is 7.19. The molecular weight excluding hydrogens is 455 g/mol. The van der Waals surface area contributed by atoms with Crippen molar-refractivity contribution in [3.8, 4) is 10.4 Å². The van der Waals surface area contributed by atoms with E-state index in [1.54, 1.807) is 28.8 Å². The van der Waals surface area contributed by atoms with Gasteiger partial charge in [0.2, 0.25) is 0 Å². The second-order valence-corrected chi connectivity index (χ2v) is 9.24. The predicted molar refractivity (Wildman–Crippen MR) is 129 cm³/mol. The normalized spacial score (nSPS) is 13.2. The van der Waals surface area contributed by atoms with Crippen LogP contribution in [-0.4, -0.2) is 50.6 Å². The van der Waals surface area contributed by atoms with Crippen molar-refractivity contribution in [1.82, 2.24) is 25.0 Å². The first kappa shape index (κ1) is 22.0. The van der Waals surface area contributed by atoms with E-state index in [1.807, 2.05) is 24.3 Å². The highest BCUT2D eigenvalue weighted by atomic mass is 32.1. The van der Waals surface area contributed by atoms with Crippen molar-refractivity contribution in [2.45, 2.75) is 18.9 Å². The van der Waals surface area contributed by atoms with E-state index in [4.69, 9.17) is 5.73 Å². The second-order valence-electron chi connectivity index (χ2n) is 8.21. The number of nitrogens with two attached hydrogens (primary N) is 1. The number of thiazole rings is 1. The van der Waals surface area contributed by atoms with Gasteiger partial charge in [-0.3, -0.25) is 14.3 Å². The maximum absolute atomic E-state index is 13.4. The minimum atomic E-state index is -0.356. The van der Waals surface area contributed by atoms with E-state index < -0.39 is 0 Å². The summed E-state index contributed by atoms with van der Waals surface area (Å²) in [5.74, 6) is -0.887. The molecule has 2 aromatic heterocycles. The van der Waals surface area contributed by atoms with Crippen LogP contribution >= 0.6 is 11.3 Å². The van der Waals surface area contributed by atoms with Gasteiger partial charge in [-0.2, -0.15) is 5.10 Å². The number of halogens is 1. The van der Waals surface area contributed by atoms with Gasteiger partial charge in [-0.1, -0.05) is 41.7 Å². The van der Waals surface area contributed by atoms with Gasteiger partial charge >= 0.3 is 0 Å². The third-order valence-corrected chi connectivity index (χ3v) is 6.75. The van der Waals surface area contributed by atoms with Gasteiger partial charge in [0.1, 0.15) is 11.5 Å². The van der Waals surface area contributed by atoms with Crippen LogP contribution in [0.3, 0.4) is 0 Å². The van der Waals surface area contributed by atoms with Crippen molar-refractivity contribution >= 4 is 39.2 Å². The fourth-order valence-electron chi connectivity index (χ4n) is 4.01. The summed E-state index contributed by atoms with van der Waals surface area (Å²) in [5, 5.41) is 8.28. The fraction of sp³-hybridized carbons (Fsp3) is 0.250. The summed E-state index contributed by atoms with van der Waals surface area (Å²) in [6.07, 6.45) is 1.80. The molecule has 1 aliphatic rings. The molecule has 0 saturated heterocycles. The average molecular weight is 479 g/mol. The first-order valence-electron chi connectivity index (χ1n) is 11.0. The highest BCUT2D eigenvalue weighted by Gasteiger charge is 2.35. The first-order valence-corrected chi connectivity index (χ1v) is 11.8. The topological polar surface area (TPSA) is 106 Å². The molecule has 2 aromatic carbocycles. The number of para-hydroxylation sites is 1. The SMILES string of the molecule is Cn1nc(C(=O)NCCN(C(=O)c2nc(N)sc2-c2ccc(F)cc2)C2CC2)c2ccccc21. The lowest BCUT2D eigenvalue weighted by molar-refractivity contribution is 0.0732. The second kappa shape index (κ2) is 8.86. The van der Waals surface area contributed by atoms with Crippen LogP contribution in [0.2, 0.25) is 0 Å². The average Bonchev–Trinajstić information content (AvgIpc) is 3.52. The number of carbonyl (C=O) groups is 2. The Balaban J connectivity index is 1.31. The highest BCUT2D eigenvalue weighted by Crippen LogP contribution is 2.35. The number of fused-ring (bicyclic) bond motifs is 1. The van der Waals surface area contributed by atoms with Gasteiger partial charge in [-0.15, -0.1) is 0 Å². The molecule has 0 spiro atoms. The molecule has 4 aromatic rings. The fourth-order valence-corrected chi connectivity index (χ4v) is 4.84. The molecule has 0 radical (unpaired) electrons. The molecule has 2 heterocycles. The lowest BCUT2D eigenvalue weighted by atomic mass is 10.1. The number of hydrogen-bond donors (Lipinski definition) is 2. The number of anilines is 1. The maximum atomic E-state index is 13.4. The third-order valence-electron chi connectivity index (χ3n) is 5.81. The Hall–Kier alpha value is -3.79. The first-order chi connectivity index (χ1) is 16.4. The van der Waals surface area contributed by atoms with E-state index >= 15 is 0 Å². The maximum Gasteiger partial charge on any atom is 0.274 e. The van der Waals surface area contributed by atoms with Crippen molar-refractivity contribution in [3.63, 3.8) is 0 Å². The Morgan fingerprint density at radius 1 is 1.18 bits per heavy atom. The summed E-state index contributed by atoms with van der Waals surface area (Å²) in [5.41, 5.74) is 8.09. The molecular formula is C24H23FN6O2S. The van der Waals surface area contributed by atoms with E-state index in [9.17, 15) is 14.0 Å². The van der Waals surface area contributed by atoms with Crippen LogP contribution in [0, 0.1) is 5.82 Å². The molecule has 0 aliphatic heterocycles. The zero-order valence-corrected chi connectivity index (χ0v) is 19.3. The molecule has 1 aliphatic carbocycles. The zero-order valence-electron chi connectivity index (χ0n) is 18.5. The van der Waals surface area contributed by atoms with Crippen LogP contribution in [0.15, 0.2) is 48.5 Å². The van der Waals surface area contributed by atoms with Crippen LogP contribution in [0.1, 0.15) is 33.8 Å². The molecule has 34 heavy (non-hydrogen) atoms. The quantitative estimate of drug-likeness (QED) is 0.423. The van der Waals surface area contributed by atoms with Crippen molar-refractivity contribution < 1.29 is 14.0 Å². The Kier molecular flexibility index (Phi) is 5.74. The third kappa shape index (κ3) is 4.24. The molecule has 0 unspecified atom stereocenters.